The van der Waals surface area contributed by atoms with Crippen molar-refractivity contribution in [1.82, 2.24) is 0 Å². The van der Waals surface area contributed by atoms with Gasteiger partial charge in [-0.15, -0.1) is 0 Å². The van der Waals surface area contributed by atoms with E-state index in [1.54, 1.807) is 13.8 Å². The molecule has 80 valence electrons. The van der Waals surface area contributed by atoms with E-state index in [4.69, 9.17) is 0 Å². The molecule has 0 aliphatic rings. The lowest BCUT2D eigenvalue weighted by molar-refractivity contribution is -0.116. The minimum absolute atomic E-state index is 0.0807. The molecular weight excluding hydrogens is 188 g/mol. The molecule has 0 aromatic heterocycles. The molecule has 2 nitrogen and oxygen atoms in total. The Hall–Kier alpha value is -1.44. The molecule has 0 aliphatic carbocycles. The Kier molecular flexibility index (Phi) is 3.78. The summed E-state index contributed by atoms with van der Waals surface area (Å²) in [5, 5.41) is 0. The Bertz CT molecular complexity index is 392. The Morgan fingerprint density at radius 1 is 1.20 bits per heavy atom. The maximum absolute atomic E-state index is 11.3. The number of ketones is 2. The number of carbonyl (C=O) groups excluding carboxylic acids is 2. The Labute approximate surface area is 90.3 Å². The molecule has 1 rings (SSSR count). The van der Waals surface area contributed by atoms with Crippen molar-refractivity contribution in [3.63, 3.8) is 0 Å². The van der Waals surface area contributed by atoms with Gasteiger partial charge in [0.25, 0.3) is 0 Å². The second kappa shape index (κ2) is 4.87. The first kappa shape index (κ1) is 11.6. The lowest BCUT2D eigenvalue weighted by atomic mass is 9.99. The van der Waals surface area contributed by atoms with Crippen LogP contribution in [0.5, 0.6) is 0 Å². The molecule has 0 N–H and O–H groups in total. The summed E-state index contributed by atoms with van der Waals surface area (Å²) in [6.45, 7) is 5.07. The zero-order valence-electron chi connectivity index (χ0n) is 9.46. The van der Waals surface area contributed by atoms with E-state index in [2.05, 4.69) is 0 Å². The van der Waals surface area contributed by atoms with Gasteiger partial charge in [-0.25, -0.2) is 0 Å². The lowest BCUT2D eigenvalue weighted by Crippen LogP contribution is -1.99. The maximum Gasteiger partial charge on any atom is 0.160 e. The molecule has 0 spiro atoms. The van der Waals surface area contributed by atoms with E-state index < -0.39 is 0 Å². The zero-order valence-corrected chi connectivity index (χ0v) is 9.46. The topological polar surface area (TPSA) is 34.1 Å². The molecule has 15 heavy (non-hydrogen) atoms. The van der Waals surface area contributed by atoms with Gasteiger partial charge in [-0.05, 0) is 44.4 Å². The molecule has 0 bridgehead atoms. The van der Waals surface area contributed by atoms with Crippen LogP contribution in [0, 0.1) is 6.92 Å². The van der Waals surface area contributed by atoms with E-state index >= 15 is 0 Å². The monoisotopic (exact) mass is 204 g/mol. The number of hydrogen-bond donors (Lipinski definition) is 0. The summed E-state index contributed by atoms with van der Waals surface area (Å²) in [5.74, 6) is 0.261. The maximum atomic E-state index is 11.3. The predicted octanol–water partition coefficient (Wildman–Crippen LogP) is 2.72. The summed E-state index contributed by atoms with van der Waals surface area (Å²) >= 11 is 0. The number of hydrogen-bond acceptors (Lipinski definition) is 2. The van der Waals surface area contributed by atoms with Crippen LogP contribution in [-0.2, 0) is 11.2 Å². The van der Waals surface area contributed by atoms with Crippen molar-refractivity contribution in [2.24, 2.45) is 0 Å². The van der Waals surface area contributed by atoms with E-state index in [9.17, 15) is 9.59 Å². The number of rotatable bonds is 4. The average molecular weight is 204 g/mol. The largest absolute Gasteiger partial charge is 0.300 e. The minimum Gasteiger partial charge on any atom is -0.300 e. The first-order chi connectivity index (χ1) is 7.00. The van der Waals surface area contributed by atoms with Gasteiger partial charge in [0, 0.05) is 12.0 Å². The molecule has 2 heteroatoms. The Balaban J connectivity index is 2.87. The lowest BCUT2D eigenvalue weighted by Gasteiger charge is -2.05. The summed E-state index contributed by atoms with van der Waals surface area (Å²) < 4.78 is 0. The van der Waals surface area contributed by atoms with Gasteiger partial charge in [-0.3, -0.25) is 4.79 Å². The van der Waals surface area contributed by atoms with E-state index in [1.807, 2.05) is 25.1 Å². The van der Waals surface area contributed by atoms with Crippen LogP contribution in [0.15, 0.2) is 18.2 Å². The molecular formula is C13H16O2. The summed E-state index contributed by atoms with van der Waals surface area (Å²) in [6.07, 6.45) is 1.26. The third-order valence-electron chi connectivity index (χ3n) is 2.45. The van der Waals surface area contributed by atoms with Crippen LogP contribution in [0.25, 0.3) is 0 Å². The van der Waals surface area contributed by atoms with Gasteiger partial charge >= 0.3 is 0 Å². The molecule has 0 aliphatic heterocycles. The molecule has 0 radical (unpaired) electrons. The van der Waals surface area contributed by atoms with Crippen molar-refractivity contribution in [3.8, 4) is 0 Å². The number of benzene rings is 1. The van der Waals surface area contributed by atoms with E-state index in [0.717, 1.165) is 23.1 Å². The second-order valence-electron chi connectivity index (χ2n) is 3.91. The van der Waals surface area contributed by atoms with Gasteiger partial charge in [0.1, 0.15) is 5.78 Å². The van der Waals surface area contributed by atoms with Crippen LogP contribution < -0.4 is 0 Å². The summed E-state index contributed by atoms with van der Waals surface area (Å²) in [6, 6.07) is 5.80. The number of Topliss-reactive ketones (excluding diaryl/α,β-unsaturated/α-hetero) is 2. The zero-order chi connectivity index (χ0) is 11.4. The normalized spacial score (nSPS) is 10.1. The number of carbonyl (C=O) groups is 2. The van der Waals surface area contributed by atoms with Gasteiger partial charge in [-0.2, -0.15) is 0 Å². The third-order valence-corrected chi connectivity index (χ3v) is 2.45. The molecule has 0 atom stereocenters. The van der Waals surface area contributed by atoms with Crippen molar-refractivity contribution in [2.75, 3.05) is 0 Å². The van der Waals surface area contributed by atoms with Crippen LogP contribution in [0.1, 0.15) is 41.8 Å². The fourth-order valence-electron chi connectivity index (χ4n) is 1.52. The van der Waals surface area contributed by atoms with Crippen molar-refractivity contribution in [1.29, 1.82) is 0 Å². The second-order valence-corrected chi connectivity index (χ2v) is 3.91. The van der Waals surface area contributed by atoms with Crippen molar-refractivity contribution in [3.05, 3.63) is 34.9 Å². The van der Waals surface area contributed by atoms with Crippen molar-refractivity contribution in [2.45, 2.75) is 33.6 Å². The van der Waals surface area contributed by atoms with Gasteiger partial charge < -0.3 is 4.79 Å². The van der Waals surface area contributed by atoms with Crippen LogP contribution in [0.3, 0.4) is 0 Å². The highest BCUT2D eigenvalue weighted by molar-refractivity contribution is 5.95. The fraction of sp³-hybridized carbons (Fsp3) is 0.385. The first-order valence-electron chi connectivity index (χ1n) is 5.10. The molecule has 0 saturated carbocycles. The summed E-state index contributed by atoms with van der Waals surface area (Å²) in [7, 11) is 0. The fourth-order valence-corrected chi connectivity index (χ4v) is 1.52. The van der Waals surface area contributed by atoms with Crippen LogP contribution >= 0.6 is 0 Å². The highest BCUT2D eigenvalue weighted by atomic mass is 16.1. The average Bonchev–Trinajstić information content (AvgIpc) is 2.16. The molecule has 0 fully saturated rings. The molecule has 0 heterocycles. The molecule has 1 aromatic carbocycles. The minimum atomic E-state index is 0.0807. The summed E-state index contributed by atoms with van der Waals surface area (Å²) in [5.41, 5.74) is 2.81. The highest BCUT2D eigenvalue weighted by Crippen LogP contribution is 2.13. The standard InChI is InChI=1S/C13H16O2/c1-9-4-6-12(7-5-10(2)14)8-13(9)11(3)15/h4,6,8H,5,7H2,1-3H3. The van der Waals surface area contributed by atoms with E-state index in [1.165, 1.54) is 0 Å². The Morgan fingerprint density at radius 3 is 2.40 bits per heavy atom. The van der Waals surface area contributed by atoms with Crippen LogP contribution in [0.2, 0.25) is 0 Å². The van der Waals surface area contributed by atoms with Crippen molar-refractivity contribution >= 4 is 11.6 Å². The van der Waals surface area contributed by atoms with E-state index in [0.29, 0.717) is 6.42 Å². The van der Waals surface area contributed by atoms with Gasteiger partial charge in [0.2, 0.25) is 0 Å². The quantitative estimate of drug-likeness (QED) is 0.707. The predicted molar refractivity (Wildman–Crippen MR) is 60.2 cm³/mol. The SMILES string of the molecule is CC(=O)CCc1ccc(C)c(C(C)=O)c1. The number of aryl methyl sites for hydroxylation is 2. The van der Waals surface area contributed by atoms with Gasteiger partial charge in [-0.1, -0.05) is 12.1 Å². The molecule has 0 unspecified atom stereocenters. The van der Waals surface area contributed by atoms with Crippen molar-refractivity contribution < 1.29 is 9.59 Å². The van der Waals surface area contributed by atoms with Gasteiger partial charge in [0.05, 0.1) is 0 Å². The first-order valence-corrected chi connectivity index (χ1v) is 5.10. The molecule has 0 saturated heterocycles. The molecule has 1 aromatic rings. The Morgan fingerprint density at radius 2 is 1.87 bits per heavy atom. The molecule has 0 amide bonds. The van der Waals surface area contributed by atoms with Crippen LogP contribution in [0.4, 0.5) is 0 Å². The van der Waals surface area contributed by atoms with E-state index in [-0.39, 0.29) is 11.6 Å². The smallest absolute Gasteiger partial charge is 0.160 e. The van der Waals surface area contributed by atoms with Gasteiger partial charge in [0.15, 0.2) is 5.78 Å². The highest BCUT2D eigenvalue weighted by Gasteiger charge is 2.05. The summed E-state index contributed by atoms with van der Waals surface area (Å²) in [4.78, 5) is 22.1. The van der Waals surface area contributed by atoms with Crippen LogP contribution in [-0.4, -0.2) is 11.6 Å². The third kappa shape index (κ3) is 3.31.